The van der Waals surface area contributed by atoms with Crippen molar-refractivity contribution >= 4 is 18.4 Å². The topological polar surface area (TPSA) is 97.5 Å². The monoisotopic (exact) mass is 247 g/mol. The molecule has 1 aliphatic rings. The first-order valence-electron chi connectivity index (χ1n) is 5.31. The summed E-state index contributed by atoms with van der Waals surface area (Å²) in [6.45, 7) is 0.588. The van der Waals surface area contributed by atoms with Gasteiger partial charge >= 0.3 is 0 Å². The maximum absolute atomic E-state index is 5.54. The Kier molecular flexibility index (Phi) is 4.12. The van der Waals surface area contributed by atoms with Gasteiger partial charge in [-0.05, 0) is 12.1 Å². The van der Waals surface area contributed by atoms with E-state index >= 15 is 0 Å². The first kappa shape index (κ1) is 11.9. The van der Waals surface area contributed by atoms with Crippen LogP contribution in [0.15, 0.2) is 50.7 Å². The van der Waals surface area contributed by atoms with Gasteiger partial charge in [0.1, 0.15) is 0 Å². The molecule has 0 saturated carbocycles. The summed E-state index contributed by atoms with van der Waals surface area (Å²) in [5.74, 6) is 0.255. The van der Waals surface area contributed by atoms with Crippen LogP contribution in [0, 0.1) is 5.92 Å². The second-order valence-corrected chi connectivity index (χ2v) is 3.50. The van der Waals surface area contributed by atoms with Crippen LogP contribution in [-0.4, -0.2) is 25.0 Å². The highest BCUT2D eigenvalue weighted by atomic mass is 16.5. The van der Waals surface area contributed by atoms with Gasteiger partial charge in [-0.2, -0.15) is 10.2 Å². The molecule has 1 aliphatic heterocycles. The van der Waals surface area contributed by atoms with Crippen LogP contribution in [0.4, 0.5) is 0 Å². The molecular weight excluding hydrogens is 234 g/mol. The van der Waals surface area contributed by atoms with E-state index in [1.807, 2.05) is 6.08 Å². The summed E-state index contributed by atoms with van der Waals surface area (Å²) >= 11 is 0. The smallest absolute Gasteiger partial charge is 0.234 e. The van der Waals surface area contributed by atoms with Gasteiger partial charge in [-0.1, -0.05) is 0 Å². The lowest BCUT2D eigenvalue weighted by atomic mass is 10.2. The number of furan rings is 1. The van der Waals surface area contributed by atoms with E-state index in [1.165, 1.54) is 0 Å². The van der Waals surface area contributed by atoms with Gasteiger partial charge in [0.2, 0.25) is 5.96 Å². The molecule has 0 saturated heterocycles. The number of nitrogens with zero attached hydrogens (tertiary/aromatic N) is 3. The zero-order valence-corrected chi connectivity index (χ0v) is 9.56. The fourth-order valence-corrected chi connectivity index (χ4v) is 1.20. The molecule has 1 aromatic rings. The summed E-state index contributed by atoms with van der Waals surface area (Å²) in [5, 5.41) is 11.4. The molecule has 0 aliphatic carbocycles. The van der Waals surface area contributed by atoms with Crippen LogP contribution in [-0.2, 0) is 4.74 Å². The molecule has 94 valence electrons. The fraction of sp³-hybridized carbons (Fsp3) is 0.182. The molecule has 7 nitrogen and oxygen atoms in total. The maximum atomic E-state index is 5.54. The van der Waals surface area contributed by atoms with Gasteiger partial charge in [-0.25, -0.2) is 5.43 Å². The van der Waals surface area contributed by atoms with Crippen molar-refractivity contribution in [3.63, 3.8) is 0 Å². The van der Waals surface area contributed by atoms with Crippen LogP contribution in [0.2, 0.25) is 0 Å². The summed E-state index contributed by atoms with van der Waals surface area (Å²) in [5.41, 5.74) is 8.90. The molecule has 0 spiro atoms. The third-order valence-electron chi connectivity index (χ3n) is 2.07. The minimum atomic E-state index is 0.105. The minimum absolute atomic E-state index is 0.105. The first-order chi connectivity index (χ1) is 8.84. The largest absolute Gasteiger partial charge is 0.500 e. The standard InChI is InChI=1S/C11H13N5O2/c12-11(15-13-5-9-1-3-17-7-9)16-14-6-10-2-4-18-8-10/h1-7,10H,8H2,(H3,12,15,16)/b13-5+,14-6+. The Morgan fingerprint density at radius 2 is 2.50 bits per heavy atom. The Labute approximate surface area is 104 Å². The Hall–Kier alpha value is -2.57. The van der Waals surface area contributed by atoms with Crippen molar-refractivity contribution in [1.82, 2.24) is 5.43 Å². The van der Waals surface area contributed by atoms with E-state index in [4.69, 9.17) is 14.9 Å². The Morgan fingerprint density at radius 3 is 3.22 bits per heavy atom. The molecule has 18 heavy (non-hydrogen) atoms. The van der Waals surface area contributed by atoms with Crippen LogP contribution in [0.1, 0.15) is 5.56 Å². The van der Waals surface area contributed by atoms with Crippen LogP contribution < -0.4 is 11.2 Å². The maximum Gasteiger partial charge on any atom is 0.234 e. The van der Waals surface area contributed by atoms with E-state index < -0.39 is 0 Å². The van der Waals surface area contributed by atoms with E-state index in [2.05, 4.69) is 20.7 Å². The Bertz CT molecular complexity index is 476. The van der Waals surface area contributed by atoms with E-state index in [0.29, 0.717) is 6.61 Å². The van der Waals surface area contributed by atoms with E-state index in [9.17, 15) is 0 Å². The quantitative estimate of drug-likeness (QED) is 0.464. The number of nitrogens with one attached hydrogen (secondary N) is 1. The molecule has 0 amide bonds. The van der Waals surface area contributed by atoms with Gasteiger partial charge in [0, 0.05) is 11.8 Å². The first-order valence-corrected chi connectivity index (χ1v) is 5.31. The fourth-order valence-electron chi connectivity index (χ4n) is 1.20. The third-order valence-corrected chi connectivity index (χ3v) is 2.07. The van der Waals surface area contributed by atoms with Crippen molar-refractivity contribution in [2.45, 2.75) is 0 Å². The van der Waals surface area contributed by atoms with Gasteiger partial charge in [0.15, 0.2) is 0 Å². The van der Waals surface area contributed by atoms with Gasteiger partial charge in [0.25, 0.3) is 0 Å². The summed E-state index contributed by atoms with van der Waals surface area (Å²) in [6, 6.07) is 1.77. The van der Waals surface area contributed by atoms with Gasteiger partial charge in [0.05, 0.1) is 37.5 Å². The SMILES string of the molecule is NC(=N/N=C/C1C=COC1)N/N=C/c1ccoc1. The number of hydrogen-bond acceptors (Lipinski definition) is 5. The molecule has 0 bridgehead atoms. The van der Waals surface area contributed by atoms with Crippen molar-refractivity contribution in [2.24, 2.45) is 27.0 Å². The second kappa shape index (κ2) is 6.24. The molecule has 0 fully saturated rings. The van der Waals surface area contributed by atoms with Crippen molar-refractivity contribution in [3.05, 3.63) is 36.5 Å². The summed E-state index contributed by atoms with van der Waals surface area (Å²) in [7, 11) is 0. The van der Waals surface area contributed by atoms with Crippen LogP contribution in [0.3, 0.4) is 0 Å². The number of rotatable bonds is 4. The molecule has 1 aromatic heterocycles. The molecule has 1 unspecified atom stereocenters. The summed E-state index contributed by atoms with van der Waals surface area (Å²) in [6.07, 6.45) is 9.85. The summed E-state index contributed by atoms with van der Waals surface area (Å²) < 4.78 is 9.89. The molecule has 3 N–H and O–H groups in total. The highest BCUT2D eigenvalue weighted by Crippen LogP contribution is 2.04. The van der Waals surface area contributed by atoms with E-state index in [0.717, 1.165) is 5.56 Å². The molecule has 2 heterocycles. The highest BCUT2D eigenvalue weighted by Gasteiger charge is 2.05. The second-order valence-electron chi connectivity index (χ2n) is 3.50. The average Bonchev–Trinajstić information content (AvgIpc) is 3.01. The third kappa shape index (κ3) is 3.78. The summed E-state index contributed by atoms with van der Waals surface area (Å²) in [4.78, 5) is 0. The van der Waals surface area contributed by atoms with Gasteiger partial charge in [-0.15, -0.1) is 5.10 Å². The molecule has 7 heteroatoms. The van der Waals surface area contributed by atoms with Crippen molar-refractivity contribution in [1.29, 1.82) is 0 Å². The van der Waals surface area contributed by atoms with Crippen molar-refractivity contribution < 1.29 is 9.15 Å². The zero-order valence-electron chi connectivity index (χ0n) is 9.56. The number of hydrazone groups is 1. The molecular formula is C11H13N5O2. The van der Waals surface area contributed by atoms with E-state index in [-0.39, 0.29) is 11.9 Å². The Balaban J connectivity index is 1.76. The molecule has 2 rings (SSSR count). The highest BCUT2D eigenvalue weighted by molar-refractivity contribution is 5.82. The van der Waals surface area contributed by atoms with Crippen molar-refractivity contribution in [2.75, 3.05) is 6.61 Å². The lowest BCUT2D eigenvalue weighted by molar-refractivity contribution is 0.269. The predicted molar refractivity (Wildman–Crippen MR) is 68.1 cm³/mol. The van der Waals surface area contributed by atoms with Crippen molar-refractivity contribution in [3.8, 4) is 0 Å². The van der Waals surface area contributed by atoms with Crippen LogP contribution >= 0.6 is 0 Å². The average molecular weight is 247 g/mol. The molecule has 0 aromatic carbocycles. The minimum Gasteiger partial charge on any atom is -0.500 e. The van der Waals surface area contributed by atoms with Crippen LogP contribution in [0.5, 0.6) is 0 Å². The normalized spacial score (nSPS) is 19.8. The Morgan fingerprint density at radius 1 is 1.56 bits per heavy atom. The number of hydrogen-bond donors (Lipinski definition) is 2. The predicted octanol–water partition coefficient (Wildman–Crippen LogP) is 0.664. The van der Waals surface area contributed by atoms with Crippen LogP contribution in [0.25, 0.3) is 0 Å². The lowest BCUT2D eigenvalue weighted by Gasteiger charge is -1.96. The zero-order chi connectivity index (χ0) is 12.6. The van der Waals surface area contributed by atoms with Gasteiger partial charge in [-0.3, -0.25) is 0 Å². The molecule has 0 radical (unpaired) electrons. The lowest BCUT2D eigenvalue weighted by Crippen LogP contribution is -2.26. The van der Waals surface area contributed by atoms with E-state index in [1.54, 1.807) is 37.3 Å². The van der Waals surface area contributed by atoms with Gasteiger partial charge < -0.3 is 14.9 Å². The molecule has 1 atom stereocenters. The number of ether oxygens (including phenoxy) is 1. The number of guanidine groups is 1. The number of nitrogens with two attached hydrogens (primary N) is 1.